The molecule has 1 aliphatic heterocycles. The minimum Gasteiger partial charge on any atom is -0.442 e. The van der Waals surface area contributed by atoms with E-state index in [4.69, 9.17) is 4.74 Å². The van der Waals surface area contributed by atoms with Crippen LogP contribution in [0.3, 0.4) is 0 Å². The smallest absolute Gasteiger partial charge is 0.414 e. The second-order valence-corrected chi connectivity index (χ2v) is 4.78. The Morgan fingerprint density at radius 3 is 2.71 bits per heavy atom. The molecule has 0 bridgehead atoms. The molecule has 0 aromatic heterocycles. The number of halogens is 1. The van der Waals surface area contributed by atoms with Crippen molar-refractivity contribution in [3.05, 3.63) is 29.6 Å². The molecule has 1 fully saturated rings. The van der Waals surface area contributed by atoms with Gasteiger partial charge >= 0.3 is 6.09 Å². The maximum absolute atomic E-state index is 14.0. The molecule has 0 radical (unpaired) electrons. The number of cyclic esters (lactones) is 1. The van der Waals surface area contributed by atoms with E-state index in [1.54, 1.807) is 0 Å². The minimum atomic E-state index is -0.681. The predicted molar refractivity (Wildman–Crippen MR) is 72.7 cm³/mol. The second-order valence-electron chi connectivity index (χ2n) is 4.78. The summed E-state index contributed by atoms with van der Waals surface area (Å²) in [6.07, 6.45) is -1.21. The third kappa shape index (κ3) is 3.36. The summed E-state index contributed by atoms with van der Waals surface area (Å²) in [5, 5.41) is 2.54. The first-order valence-electron chi connectivity index (χ1n) is 6.41. The molecule has 1 N–H and O–H groups in total. The molecule has 2 amide bonds. The summed E-state index contributed by atoms with van der Waals surface area (Å²) >= 11 is 0. The Morgan fingerprint density at radius 1 is 1.43 bits per heavy atom. The molecule has 6 nitrogen and oxygen atoms in total. The Bertz CT molecular complexity index is 603. The molecule has 0 aliphatic carbocycles. The van der Waals surface area contributed by atoms with Crippen molar-refractivity contribution in [2.45, 2.75) is 20.0 Å². The van der Waals surface area contributed by atoms with Gasteiger partial charge in [0.25, 0.3) is 0 Å². The number of ether oxygens (including phenoxy) is 1. The van der Waals surface area contributed by atoms with Crippen molar-refractivity contribution in [3.63, 3.8) is 0 Å². The Hall–Kier alpha value is -2.44. The highest BCUT2D eigenvalue weighted by molar-refractivity contribution is 5.95. The summed E-state index contributed by atoms with van der Waals surface area (Å²) < 4.78 is 19.1. The lowest BCUT2D eigenvalue weighted by Gasteiger charge is -2.14. The lowest BCUT2D eigenvalue weighted by atomic mass is 10.1. The molecule has 2 rings (SSSR count). The zero-order valence-electron chi connectivity index (χ0n) is 11.7. The van der Waals surface area contributed by atoms with Crippen molar-refractivity contribution in [3.8, 4) is 0 Å². The zero-order chi connectivity index (χ0) is 15.6. The highest BCUT2D eigenvalue weighted by atomic mass is 19.1. The van der Waals surface area contributed by atoms with E-state index in [1.165, 1.54) is 26.0 Å². The number of carbonyl (C=O) groups excluding carboxylic acids is 3. The number of hydrogen-bond acceptors (Lipinski definition) is 4. The van der Waals surface area contributed by atoms with Crippen molar-refractivity contribution in [1.82, 2.24) is 5.32 Å². The Labute approximate surface area is 120 Å². The molecule has 0 unspecified atom stereocenters. The Kier molecular flexibility index (Phi) is 4.21. The summed E-state index contributed by atoms with van der Waals surface area (Å²) in [5.74, 6) is -1.16. The first-order valence-corrected chi connectivity index (χ1v) is 6.41. The monoisotopic (exact) mass is 294 g/mol. The Morgan fingerprint density at radius 2 is 2.14 bits per heavy atom. The van der Waals surface area contributed by atoms with Crippen LogP contribution in [0.15, 0.2) is 18.2 Å². The highest BCUT2D eigenvalue weighted by Gasteiger charge is 2.33. The number of anilines is 1. The van der Waals surface area contributed by atoms with Gasteiger partial charge < -0.3 is 10.1 Å². The lowest BCUT2D eigenvalue weighted by molar-refractivity contribution is -0.119. The number of hydrogen-bond donors (Lipinski definition) is 1. The van der Waals surface area contributed by atoms with Crippen LogP contribution >= 0.6 is 0 Å². The summed E-state index contributed by atoms with van der Waals surface area (Å²) in [7, 11) is 0. The number of nitrogens with zero attached hydrogens (tertiary/aromatic N) is 1. The van der Waals surface area contributed by atoms with Gasteiger partial charge in [-0.2, -0.15) is 0 Å². The van der Waals surface area contributed by atoms with Crippen molar-refractivity contribution < 1.29 is 23.5 Å². The fourth-order valence-corrected chi connectivity index (χ4v) is 2.03. The van der Waals surface area contributed by atoms with Gasteiger partial charge in [0.05, 0.1) is 18.8 Å². The first-order chi connectivity index (χ1) is 9.88. The molecule has 112 valence electrons. The van der Waals surface area contributed by atoms with Gasteiger partial charge in [-0.05, 0) is 25.1 Å². The molecule has 0 saturated carbocycles. The summed E-state index contributed by atoms with van der Waals surface area (Å²) in [5.41, 5.74) is 0.286. The van der Waals surface area contributed by atoms with E-state index in [-0.39, 0.29) is 36.0 Å². The van der Waals surface area contributed by atoms with Gasteiger partial charge in [0.2, 0.25) is 5.91 Å². The molecule has 1 aromatic carbocycles. The van der Waals surface area contributed by atoms with Crippen molar-refractivity contribution in [2.75, 3.05) is 18.0 Å². The summed E-state index contributed by atoms with van der Waals surface area (Å²) in [6.45, 7) is 3.00. The van der Waals surface area contributed by atoms with E-state index in [2.05, 4.69) is 5.32 Å². The fourth-order valence-electron chi connectivity index (χ4n) is 2.03. The molecule has 1 aliphatic rings. The third-order valence-electron chi connectivity index (χ3n) is 3.10. The molecular formula is C14H15FN2O4. The molecule has 1 heterocycles. The zero-order valence-corrected chi connectivity index (χ0v) is 11.7. The standard InChI is InChI=1S/C14H15FN2O4/c1-8(18)10-3-4-13(12(15)5-10)17-7-11(21-14(17)20)6-16-9(2)19/h3-5,11H,6-7H2,1-2H3,(H,16,19)/t11-/m0/s1. The van der Waals surface area contributed by atoms with E-state index in [0.29, 0.717) is 0 Å². The average molecular weight is 294 g/mol. The third-order valence-corrected chi connectivity index (χ3v) is 3.10. The number of ketones is 1. The van der Waals surface area contributed by atoms with E-state index in [9.17, 15) is 18.8 Å². The summed E-state index contributed by atoms with van der Waals surface area (Å²) in [4.78, 5) is 34.9. The first kappa shape index (κ1) is 15.0. The van der Waals surface area contributed by atoms with Crippen LogP contribution in [0.5, 0.6) is 0 Å². The molecule has 0 spiro atoms. The van der Waals surface area contributed by atoms with Crippen molar-refractivity contribution in [1.29, 1.82) is 0 Å². The number of Topliss-reactive ketones (excluding diaryl/α,β-unsaturated/α-hetero) is 1. The largest absolute Gasteiger partial charge is 0.442 e. The van der Waals surface area contributed by atoms with E-state index in [0.717, 1.165) is 11.0 Å². The number of nitrogens with one attached hydrogen (secondary N) is 1. The van der Waals surface area contributed by atoms with Crippen molar-refractivity contribution in [2.24, 2.45) is 0 Å². The van der Waals surface area contributed by atoms with Crippen LogP contribution in [0.25, 0.3) is 0 Å². The summed E-state index contributed by atoms with van der Waals surface area (Å²) in [6, 6.07) is 3.91. The van der Waals surface area contributed by atoms with Gasteiger partial charge in [-0.25, -0.2) is 9.18 Å². The van der Waals surface area contributed by atoms with Gasteiger partial charge in [0.15, 0.2) is 5.78 Å². The fraction of sp³-hybridized carbons (Fsp3) is 0.357. The number of amides is 2. The van der Waals surface area contributed by atoms with Crippen LogP contribution in [-0.4, -0.2) is 37.0 Å². The SMILES string of the molecule is CC(=O)NC[C@H]1CN(c2ccc(C(C)=O)cc2F)C(=O)O1. The van der Waals surface area contributed by atoms with Gasteiger partial charge in [0.1, 0.15) is 11.9 Å². The van der Waals surface area contributed by atoms with Crippen LogP contribution in [0, 0.1) is 5.82 Å². The van der Waals surface area contributed by atoms with E-state index in [1.807, 2.05) is 0 Å². The normalized spacial score (nSPS) is 17.6. The van der Waals surface area contributed by atoms with Crippen LogP contribution in [-0.2, 0) is 9.53 Å². The molecule has 7 heteroatoms. The van der Waals surface area contributed by atoms with Crippen LogP contribution < -0.4 is 10.2 Å². The van der Waals surface area contributed by atoms with Gasteiger partial charge in [-0.15, -0.1) is 0 Å². The van der Waals surface area contributed by atoms with Crippen LogP contribution in [0.2, 0.25) is 0 Å². The Balaban J connectivity index is 2.13. The maximum Gasteiger partial charge on any atom is 0.414 e. The second kappa shape index (κ2) is 5.90. The number of rotatable bonds is 4. The number of benzene rings is 1. The molecule has 1 saturated heterocycles. The van der Waals surface area contributed by atoms with Gasteiger partial charge in [0, 0.05) is 12.5 Å². The van der Waals surface area contributed by atoms with Gasteiger partial charge in [-0.1, -0.05) is 0 Å². The maximum atomic E-state index is 14.0. The molecule has 21 heavy (non-hydrogen) atoms. The van der Waals surface area contributed by atoms with Crippen LogP contribution in [0.1, 0.15) is 24.2 Å². The molecular weight excluding hydrogens is 279 g/mol. The predicted octanol–water partition coefficient (Wildman–Crippen LogP) is 1.49. The van der Waals surface area contributed by atoms with E-state index >= 15 is 0 Å². The molecule has 1 atom stereocenters. The number of carbonyl (C=O) groups is 3. The minimum absolute atomic E-state index is 0.0512. The average Bonchev–Trinajstić information content (AvgIpc) is 2.77. The van der Waals surface area contributed by atoms with Crippen LogP contribution in [0.4, 0.5) is 14.9 Å². The molecule has 1 aromatic rings. The van der Waals surface area contributed by atoms with Crippen molar-refractivity contribution >= 4 is 23.5 Å². The topological polar surface area (TPSA) is 75.7 Å². The quantitative estimate of drug-likeness (QED) is 0.854. The lowest BCUT2D eigenvalue weighted by Crippen LogP contribution is -2.33. The van der Waals surface area contributed by atoms with Gasteiger partial charge in [-0.3, -0.25) is 14.5 Å². The van der Waals surface area contributed by atoms with E-state index < -0.39 is 18.0 Å². The highest BCUT2D eigenvalue weighted by Crippen LogP contribution is 2.25.